The molecule has 1 saturated heterocycles. The van der Waals surface area contributed by atoms with Gasteiger partial charge in [0.15, 0.2) is 0 Å². The van der Waals surface area contributed by atoms with Gasteiger partial charge in [0.2, 0.25) is 0 Å². The lowest BCUT2D eigenvalue weighted by Gasteiger charge is -2.27. The van der Waals surface area contributed by atoms with Gasteiger partial charge in [-0.25, -0.2) is 9.69 Å². The highest BCUT2D eigenvalue weighted by Gasteiger charge is 2.38. The standard InChI is InChI=1S/C21H18N2O5/c1-27-15-11-12-18(28-2)17(13-15)23-20(25)16(19(24)22-21(23)26)10-6-9-14-7-4-3-5-8-14/h3-13H,1-2H3,(H,22,24,26)/b9-6+,16-10-. The fourth-order valence-electron chi connectivity index (χ4n) is 2.69. The number of carbonyl (C=O) groups excluding carboxylic acids is 3. The third-order valence-electron chi connectivity index (χ3n) is 4.08. The lowest BCUT2D eigenvalue weighted by atomic mass is 10.1. The summed E-state index contributed by atoms with van der Waals surface area (Å²) in [6, 6.07) is 13.3. The Balaban J connectivity index is 1.97. The van der Waals surface area contributed by atoms with Crippen LogP contribution in [-0.4, -0.2) is 32.1 Å². The number of ether oxygens (including phenoxy) is 2. The van der Waals surface area contributed by atoms with Gasteiger partial charge in [-0.1, -0.05) is 42.5 Å². The second-order valence-electron chi connectivity index (χ2n) is 5.79. The van der Waals surface area contributed by atoms with Crippen LogP contribution in [0.25, 0.3) is 6.08 Å². The van der Waals surface area contributed by atoms with Crippen molar-refractivity contribution in [2.24, 2.45) is 0 Å². The van der Waals surface area contributed by atoms with Crippen molar-refractivity contribution in [3.8, 4) is 11.5 Å². The van der Waals surface area contributed by atoms with Crippen molar-refractivity contribution in [1.82, 2.24) is 5.32 Å². The second kappa shape index (κ2) is 8.22. The van der Waals surface area contributed by atoms with Crippen molar-refractivity contribution < 1.29 is 23.9 Å². The molecule has 1 aliphatic rings. The highest BCUT2D eigenvalue weighted by molar-refractivity contribution is 6.38. The summed E-state index contributed by atoms with van der Waals surface area (Å²) >= 11 is 0. The van der Waals surface area contributed by atoms with Crippen LogP contribution in [0.3, 0.4) is 0 Å². The summed E-state index contributed by atoms with van der Waals surface area (Å²) < 4.78 is 10.4. The molecule has 3 rings (SSSR count). The van der Waals surface area contributed by atoms with Crippen LogP contribution in [0.5, 0.6) is 11.5 Å². The monoisotopic (exact) mass is 378 g/mol. The number of nitrogens with one attached hydrogen (secondary N) is 1. The molecule has 1 fully saturated rings. The number of hydrogen-bond donors (Lipinski definition) is 1. The van der Waals surface area contributed by atoms with E-state index in [1.807, 2.05) is 30.3 Å². The number of allylic oxidation sites excluding steroid dienone is 2. The molecule has 7 heteroatoms. The van der Waals surface area contributed by atoms with E-state index in [1.165, 1.54) is 26.4 Å². The predicted octanol–water partition coefficient (Wildman–Crippen LogP) is 2.93. The Labute approximate surface area is 161 Å². The van der Waals surface area contributed by atoms with Gasteiger partial charge in [-0.05, 0) is 23.8 Å². The molecule has 0 unspecified atom stereocenters. The number of rotatable bonds is 5. The highest BCUT2D eigenvalue weighted by atomic mass is 16.5. The number of carbonyl (C=O) groups is 3. The van der Waals surface area contributed by atoms with Crippen molar-refractivity contribution in [2.75, 3.05) is 19.1 Å². The summed E-state index contributed by atoms with van der Waals surface area (Å²) in [6.45, 7) is 0. The maximum absolute atomic E-state index is 12.9. The van der Waals surface area contributed by atoms with Crippen LogP contribution >= 0.6 is 0 Å². The van der Waals surface area contributed by atoms with E-state index < -0.39 is 17.8 Å². The van der Waals surface area contributed by atoms with Crippen LogP contribution < -0.4 is 19.7 Å². The topological polar surface area (TPSA) is 84.9 Å². The van der Waals surface area contributed by atoms with Crippen molar-refractivity contribution in [2.45, 2.75) is 0 Å². The first-order valence-corrected chi connectivity index (χ1v) is 8.40. The van der Waals surface area contributed by atoms with Gasteiger partial charge in [0.1, 0.15) is 17.1 Å². The van der Waals surface area contributed by atoms with E-state index in [2.05, 4.69) is 5.32 Å². The SMILES string of the molecule is COc1ccc(OC)c(N2C(=O)NC(=O)/C(=C/C=C/c3ccccc3)C2=O)c1. The normalized spacial score (nSPS) is 15.9. The molecule has 1 N–H and O–H groups in total. The molecule has 4 amide bonds. The molecular weight excluding hydrogens is 360 g/mol. The molecule has 28 heavy (non-hydrogen) atoms. The summed E-state index contributed by atoms with van der Waals surface area (Å²) in [5, 5.41) is 2.17. The first kappa shape index (κ1) is 18.9. The molecule has 0 atom stereocenters. The van der Waals surface area contributed by atoms with Gasteiger partial charge in [-0.15, -0.1) is 0 Å². The van der Waals surface area contributed by atoms with E-state index in [-0.39, 0.29) is 17.0 Å². The van der Waals surface area contributed by atoms with Crippen molar-refractivity contribution >= 4 is 29.6 Å². The van der Waals surface area contributed by atoms with Gasteiger partial charge in [0.25, 0.3) is 11.8 Å². The van der Waals surface area contributed by atoms with Crippen LogP contribution in [-0.2, 0) is 9.59 Å². The lowest BCUT2D eigenvalue weighted by Crippen LogP contribution is -2.54. The molecule has 2 aromatic rings. The summed E-state index contributed by atoms with van der Waals surface area (Å²) in [5.74, 6) is -0.788. The fourth-order valence-corrected chi connectivity index (χ4v) is 2.69. The molecule has 142 valence electrons. The molecule has 0 bridgehead atoms. The van der Waals surface area contributed by atoms with Gasteiger partial charge in [0.05, 0.1) is 19.9 Å². The van der Waals surface area contributed by atoms with E-state index >= 15 is 0 Å². The zero-order valence-corrected chi connectivity index (χ0v) is 15.3. The van der Waals surface area contributed by atoms with Gasteiger partial charge < -0.3 is 9.47 Å². The molecule has 0 saturated carbocycles. The molecule has 1 aliphatic heterocycles. The zero-order valence-electron chi connectivity index (χ0n) is 15.3. The van der Waals surface area contributed by atoms with E-state index in [0.29, 0.717) is 5.75 Å². The van der Waals surface area contributed by atoms with Gasteiger partial charge in [-0.3, -0.25) is 14.9 Å². The number of imide groups is 2. The van der Waals surface area contributed by atoms with E-state index in [4.69, 9.17) is 9.47 Å². The van der Waals surface area contributed by atoms with Crippen LogP contribution in [0, 0.1) is 0 Å². The predicted molar refractivity (Wildman–Crippen MR) is 104 cm³/mol. The van der Waals surface area contributed by atoms with Crippen LogP contribution in [0.4, 0.5) is 10.5 Å². The molecular formula is C21H18N2O5. The maximum Gasteiger partial charge on any atom is 0.336 e. The minimum atomic E-state index is -0.856. The third kappa shape index (κ3) is 3.78. The van der Waals surface area contributed by atoms with Crippen molar-refractivity contribution in [3.63, 3.8) is 0 Å². The molecule has 0 aliphatic carbocycles. The lowest BCUT2D eigenvalue weighted by molar-refractivity contribution is -0.122. The number of anilines is 1. The number of methoxy groups -OCH3 is 2. The van der Waals surface area contributed by atoms with Gasteiger partial charge in [0, 0.05) is 6.07 Å². The Morgan fingerprint density at radius 2 is 1.71 bits per heavy atom. The van der Waals surface area contributed by atoms with Crippen molar-refractivity contribution in [1.29, 1.82) is 0 Å². The van der Waals surface area contributed by atoms with E-state index in [0.717, 1.165) is 10.5 Å². The first-order valence-electron chi connectivity index (χ1n) is 8.40. The first-order chi connectivity index (χ1) is 13.5. The van der Waals surface area contributed by atoms with Crippen molar-refractivity contribution in [3.05, 3.63) is 71.8 Å². The quantitative estimate of drug-likeness (QED) is 0.639. The Hall–Kier alpha value is -3.87. The molecule has 1 heterocycles. The summed E-state index contributed by atoms with van der Waals surface area (Å²) in [6.07, 6.45) is 4.70. The smallest absolute Gasteiger partial charge is 0.336 e. The largest absolute Gasteiger partial charge is 0.497 e. The molecule has 0 radical (unpaired) electrons. The maximum atomic E-state index is 12.9. The number of nitrogens with zero attached hydrogens (tertiary/aromatic N) is 1. The number of amides is 4. The molecule has 0 aromatic heterocycles. The average Bonchev–Trinajstić information content (AvgIpc) is 2.71. The van der Waals surface area contributed by atoms with Gasteiger partial charge >= 0.3 is 6.03 Å². The Morgan fingerprint density at radius 1 is 0.964 bits per heavy atom. The number of barbiturate groups is 1. The molecule has 7 nitrogen and oxygen atoms in total. The summed E-state index contributed by atoms with van der Waals surface area (Å²) in [5.41, 5.74) is 0.914. The van der Waals surface area contributed by atoms with Crippen LogP contribution in [0.2, 0.25) is 0 Å². The van der Waals surface area contributed by atoms with Crippen LogP contribution in [0.15, 0.2) is 66.3 Å². The minimum Gasteiger partial charge on any atom is -0.497 e. The summed E-state index contributed by atoms with van der Waals surface area (Å²) in [4.78, 5) is 38.3. The summed E-state index contributed by atoms with van der Waals surface area (Å²) in [7, 11) is 2.88. The fraction of sp³-hybridized carbons (Fsp3) is 0.0952. The third-order valence-corrected chi connectivity index (χ3v) is 4.08. The molecule has 2 aromatic carbocycles. The Bertz CT molecular complexity index is 980. The van der Waals surface area contributed by atoms with E-state index in [1.54, 1.807) is 24.3 Å². The Morgan fingerprint density at radius 3 is 2.39 bits per heavy atom. The van der Waals surface area contributed by atoms with Crippen LogP contribution in [0.1, 0.15) is 5.56 Å². The number of benzene rings is 2. The molecule has 0 spiro atoms. The zero-order chi connectivity index (χ0) is 20.1. The van der Waals surface area contributed by atoms with Gasteiger partial charge in [-0.2, -0.15) is 0 Å². The second-order valence-corrected chi connectivity index (χ2v) is 5.79. The highest BCUT2D eigenvalue weighted by Crippen LogP contribution is 2.34. The number of urea groups is 1. The van der Waals surface area contributed by atoms with E-state index in [9.17, 15) is 14.4 Å². The average molecular weight is 378 g/mol. The number of hydrogen-bond acceptors (Lipinski definition) is 5. The minimum absolute atomic E-state index is 0.170. The Kier molecular flexibility index (Phi) is 5.55.